The van der Waals surface area contributed by atoms with E-state index in [1.807, 2.05) is 0 Å². The molecule has 0 radical (unpaired) electrons. The Morgan fingerprint density at radius 2 is 1.95 bits per heavy atom. The number of para-hydroxylation sites is 1. The first-order chi connectivity index (χ1) is 8.25. The molecule has 0 bridgehead atoms. The molecule has 19 heavy (non-hydrogen) atoms. The van der Waals surface area contributed by atoms with Crippen molar-refractivity contribution >= 4 is 35.7 Å². The minimum atomic E-state index is 0. The Bertz CT molecular complexity index is 536. The van der Waals surface area contributed by atoms with Crippen LogP contribution in [0.4, 0.5) is 0 Å². The average molecular weight is 302 g/mol. The molecule has 5 heteroatoms. The van der Waals surface area contributed by atoms with Gasteiger partial charge >= 0.3 is 0 Å². The molecule has 0 amide bonds. The predicted molar refractivity (Wildman–Crippen MR) is 85.8 cm³/mol. The number of likely N-dealkylation sites (N-methyl/N-ethyl adjacent to an activating group) is 1. The molecule has 1 aromatic heterocycles. The van der Waals surface area contributed by atoms with Gasteiger partial charge in [-0.1, -0.05) is 18.2 Å². The van der Waals surface area contributed by atoms with Gasteiger partial charge in [0.25, 0.3) is 0 Å². The first-order valence-corrected chi connectivity index (χ1v) is 6.23. The number of hydrogen-bond acceptors (Lipinski definition) is 2. The number of rotatable bonds is 2. The molecule has 1 unspecified atom stereocenters. The summed E-state index contributed by atoms with van der Waals surface area (Å²) in [5, 5.41) is 4.99. The van der Waals surface area contributed by atoms with Gasteiger partial charge in [-0.2, -0.15) is 0 Å². The largest absolute Gasteiger partial charge is 0.357 e. The third-order valence-corrected chi connectivity index (χ3v) is 3.51. The van der Waals surface area contributed by atoms with Gasteiger partial charge in [0.15, 0.2) is 0 Å². The number of H-pyrrole nitrogens is 1. The Morgan fingerprint density at radius 1 is 1.21 bits per heavy atom. The standard InChI is InChI=1S/C14H19N3.2ClH/c1-17(2)9-13-14-11(7-8-15-13)10-5-3-4-6-12(10)16-14;;/h3-6,13,15-16H,7-9H2,1-2H3;2*1H. The fourth-order valence-electron chi connectivity index (χ4n) is 2.78. The zero-order valence-corrected chi connectivity index (χ0v) is 12.9. The van der Waals surface area contributed by atoms with Gasteiger partial charge in [-0.05, 0) is 38.7 Å². The fraction of sp³-hybridized carbons (Fsp3) is 0.429. The second-order valence-corrected chi connectivity index (χ2v) is 5.08. The van der Waals surface area contributed by atoms with E-state index in [9.17, 15) is 0 Å². The van der Waals surface area contributed by atoms with E-state index >= 15 is 0 Å². The van der Waals surface area contributed by atoms with Gasteiger partial charge in [-0.25, -0.2) is 0 Å². The molecule has 1 aromatic carbocycles. The summed E-state index contributed by atoms with van der Waals surface area (Å²) in [6.07, 6.45) is 1.13. The van der Waals surface area contributed by atoms with Crippen LogP contribution in [-0.2, 0) is 6.42 Å². The number of aromatic amines is 1. The number of halogens is 2. The lowest BCUT2D eigenvalue weighted by atomic mass is 9.99. The Morgan fingerprint density at radius 3 is 2.68 bits per heavy atom. The van der Waals surface area contributed by atoms with Crippen molar-refractivity contribution in [3.63, 3.8) is 0 Å². The number of benzene rings is 1. The molecule has 1 aliphatic rings. The molecule has 2 aromatic rings. The lowest BCUT2D eigenvalue weighted by Crippen LogP contribution is -2.36. The highest BCUT2D eigenvalue weighted by Gasteiger charge is 2.23. The van der Waals surface area contributed by atoms with Gasteiger partial charge in [0.2, 0.25) is 0 Å². The van der Waals surface area contributed by atoms with Crippen LogP contribution in [0.15, 0.2) is 24.3 Å². The van der Waals surface area contributed by atoms with Crippen molar-refractivity contribution in [2.45, 2.75) is 12.5 Å². The Kier molecular flexibility index (Phi) is 5.68. The highest BCUT2D eigenvalue weighted by atomic mass is 35.5. The van der Waals surface area contributed by atoms with Crippen LogP contribution in [0.1, 0.15) is 17.3 Å². The molecular weight excluding hydrogens is 281 g/mol. The molecule has 2 N–H and O–H groups in total. The molecule has 0 spiro atoms. The van der Waals surface area contributed by atoms with Crippen molar-refractivity contribution in [1.82, 2.24) is 15.2 Å². The first kappa shape index (κ1) is 16.3. The monoisotopic (exact) mass is 301 g/mol. The highest BCUT2D eigenvalue weighted by Crippen LogP contribution is 2.29. The van der Waals surface area contributed by atoms with Crippen LogP contribution in [0.3, 0.4) is 0 Å². The van der Waals surface area contributed by atoms with Crippen molar-refractivity contribution in [3.05, 3.63) is 35.5 Å². The van der Waals surface area contributed by atoms with E-state index in [0.29, 0.717) is 6.04 Å². The molecule has 1 aliphatic heterocycles. The fourth-order valence-corrected chi connectivity index (χ4v) is 2.78. The molecule has 3 nitrogen and oxygen atoms in total. The van der Waals surface area contributed by atoms with Gasteiger partial charge in [0.1, 0.15) is 0 Å². The summed E-state index contributed by atoms with van der Waals surface area (Å²) < 4.78 is 0. The Labute approximate surface area is 126 Å². The van der Waals surface area contributed by atoms with Gasteiger partial charge < -0.3 is 15.2 Å². The molecule has 0 fully saturated rings. The van der Waals surface area contributed by atoms with Crippen molar-refractivity contribution in [2.75, 3.05) is 27.2 Å². The zero-order valence-electron chi connectivity index (χ0n) is 11.3. The summed E-state index contributed by atoms with van der Waals surface area (Å²) >= 11 is 0. The summed E-state index contributed by atoms with van der Waals surface area (Å²) in [7, 11) is 4.25. The molecule has 0 saturated heterocycles. The van der Waals surface area contributed by atoms with Crippen LogP contribution in [0, 0.1) is 0 Å². The summed E-state index contributed by atoms with van der Waals surface area (Å²) in [6.45, 7) is 2.12. The van der Waals surface area contributed by atoms with Gasteiger partial charge in [-0.3, -0.25) is 0 Å². The quantitative estimate of drug-likeness (QED) is 0.894. The normalized spacial score (nSPS) is 17.7. The van der Waals surface area contributed by atoms with E-state index in [2.05, 4.69) is 53.6 Å². The van der Waals surface area contributed by atoms with Crippen molar-refractivity contribution in [3.8, 4) is 0 Å². The van der Waals surface area contributed by atoms with E-state index in [4.69, 9.17) is 0 Å². The van der Waals surface area contributed by atoms with Crippen molar-refractivity contribution < 1.29 is 0 Å². The molecule has 3 rings (SSSR count). The summed E-state index contributed by atoms with van der Waals surface area (Å²) in [4.78, 5) is 5.82. The van der Waals surface area contributed by atoms with Crippen LogP contribution < -0.4 is 5.32 Å². The smallest absolute Gasteiger partial charge is 0.0605 e. The van der Waals surface area contributed by atoms with Crippen molar-refractivity contribution in [2.24, 2.45) is 0 Å². The van der Waals surface area contributed by atoms with Gasteiger partial charge in [-0.15, -0.1) is 24.8 Å². The van der Waals surface area contributed by atoms with E-state index < -0.39 is 0 Å². The van der Waals surface area contributed by atoms with Gasteiger partial charge in [0, 0.05) is 23.1 Å². The maximum absolute atomic E-state index is 3.59. The SMILES string of the molecule is CN(C)CC1NCCc2c1[nH]c1ccccc21.Cl.Cl. The lowest BCUT2D eigenvalue weighted by Gasteiger charge is -2.26. The molecule has 0 saturated carbocycles. The highest BCUT2D eigenvalue weighted by molar-refractivity contribution is 5.86. The van der Waals surface area contributed by atoms with E-state index in [0.717, 1.165) is 19.5 Å². The topological polar surface area (TPSA) is 31.1 Å². The van der Waals surface area contributed by atoms with E-state index in [-0.39, 0.29) is 24.8 Å². The van der Waals surface area contributed by atoms with Crippen molar-refractivity contribution in [1.29, 1.82) is 0 Å². The predicted octanol–water partition coefficient (Wildman–Crippen LogP) is 2.76. The lowest BCUT2D eigenvalue weighted by molar-refractivity contribution is 0.331. The molecule has 106 valence electrons. The molecule has 2 heterocycles. The van der Waals surface area contributed by atoms with Crippen LogP contribution in [-0.4, -0.2) is 37.1 Å². The number of nitrogens with one attached hydrogen (secondary N) is 2. The van der Waals surface area contributed by atoms with Crippen LogP contribution >= 0.6 is 24.8 Å². The second-order valence-electron chi connectivity index (χ2n) is 5.08. The molecule has 1 atom stereocenters. The first-order valence-electron chi connectivity index (χ1n) is 6.23. The third-order valence-electron chi connectivity index (χ3n) is 3.51. The Balaban J connectivity index is 0.000000902. The second kappa shape index (κ2) is 6.62. The Hall–Kier alpha value is -0.740. The number of nitrogens with zero attached hydrogens (tertiary/aromatic N) is 1. The minimum Gasteiger partial charge on any atom is -0.357 e. The van der Waals surface area contributed by atoms with E-state index in [1.54, 1.807) is 0 Å². The number of aromatic nitrogens is 1. The summed E-state index contributed by atoms with van der Waals surface area (Å²) in [5.74, 6) is 0. The molecule has 0 aliphatic carbocycles. The average Bonchev–Trinajstić information content (AvgIpc) is 2.68. The summed E-state index contributed by atoms with van der Waals surface area (Å²) in [5.41, 5.74) is 4.15. The van der Waals surface area contributed by atoms with Crippen LogP contribution in [0.25, 0.3) is 10.9 Å². The van der Waals surface area contributed by atoms with E-state index in [1.165, 1.54) is 22.2 Å². The van der Waals surface area contributed by atoms with Crippen LogP contribution in [0.2, 0.25) is 0 Å². The third kappa shape index (κ3) is 3.06. The summed E-state index contributed by atoms with van der Waals surface area (Å²) in [6, 6.07) is 9.04. The maximum atomic E-state index is 3.59. The van der Waals surface area contributed by atoms with Crippen LogP contribution in [0.5, 0.6) is 0 Å². The number of fused-ring (bicyclic) bond motifs is 3. The number of hydrogen-bond donors (Lipinski definition) is 2. The maximum Gasteiger partial charge on any atom is 0.0605 e. The van der Waals surface area contributed by atoms with Gasteiger partial charge in [0.05, 0.1) is 6.04 Å². The minimum absolute atomic E-state index is 0. The molecular formula is C14H21Cl2N3. The zero-order chi connectivity index (χ0) is 11.8.